The lowest BCUT2D eigenvalue weighted by molar-refractivity contribution is 0.0583. The first-order valence-corrected chi connectivity index (χ1v) is 9.43. The van der Waals surface area contributed by atoms with Crippen molar-refractivity contribution < 1.29 is 4.74 Å². The average molecular weight is 389 g/mol. The first-order chi connectivity index (χ1) is 12.5. The highest BCUT2D eigenvalue weighted by Crippen LogP contribution is 2.30. The van der Waals surface area contributed by atoms with Crippen LogP contribution in [-0.2, 0) is 13.0 Å². The molecule has 3 aromatic rings. The van der Waals surface area contributed by atoms with Gasteiger partial charge in [0.15, 0.2) is 0 Å². The Hall–Kier alpha value is -1.97. The lowest BCUT2D eigenvalue weighted by atomic mass is 9.96. The lowest BCUT2D eigenvalue weighted by Crippen LogP contribution is -2.37. The van der Waals surface area contributed by atoms with Crippen LogP contribution in [0.15, 0.2) is 67.3 Å². The standard InChI is InChI=1S/C21H22Cl2N2O/c1-21(15-25-14-13-24-16-25,26-20-7-3-2-6-19(20)23)12-4-5-17-8-10-18(22)11-9-17/h2-3,6-11,13-14,16H,4-5,12,15H2,1H3. The van der Waals surface area contributed by atoms with Gasteiger partial charge in [-0.3, -0.25) is 0 Å². The number of para-hydroxylation sites is 1. The summed E-state index contributed by atoms with van der Waals surface area (Å²) < 4.78 is 8.40. The topological polar surface area (TPSA) is 27.1 Å². The predicted octanol–water partition coefficient (Wildman–Crippen LogP) is 6.05. The number of halogens is 2. The number of imidazole rings is 1. The maximum absolute atomic E-state index is 6.36. The Balaban J connectivity index is 1.69. The molecule has 5 heteroatoms. The van der Waals surface area contributed by atoms with E-state index < -0.39 is 5.60 Å². The van der Waals surface area contributed by atoms with E-state index in [0.717, 1.165) is 24.3 Å². The summed E-state index contributed by atoms with van der Waals surface area (Å²) >= 11 is 12.3. The van der Waals surface area contributed by atoms with Gasteiger partial charge in [-0.25, -0.2) is 4.98 Å². The second-order valence-corrected chi connectivity index (χ2v) is 7.54. The van der Waals surface area contributed by atoms with Crippen molar-refractivity contribution in [1.29, 1.82) is 0 Å². The van der Waals surface area contributed by atoms with Crippen LogP contribution < -0.4 is 4.74 Å². The van der Waals surface area contributed by atoms with Crippen LogP contribution in [0.1, 0.15) is 25.3 Å². The highest BCUT2D eigenvalue weighted by molar-refractivity contribution is 6.32. The lowest BCUT2D eigenvalue weighted by Gasteiger charge is -2.31. The smallest absolute Gasteiger partial charge is 0.138 e. The molecule has 0 amide bonds. The van der Waals surface area contributed by atoms with Crippen molar-refractivity contribution in [3.8, 4) is 5.75 Å². The Kier molecular flexibility index (Phi) is 6.23. The van der Waals surface area contributed by atoms with Gasteiger partial charge in [0.25, 0.3) is 0 Å². The van der Waals surface area contributed by atoms with Gasteiger partial charge in [0.05, 0.1) is 17.9 Å². The molecule has 0 aliphatic rings. The van der Waals surface area contributed by atoms with Crippen LogP contribution in [-0.4, -0.2) is 15.2 Å². The summed E-state index contributed by atoms with van der Waals surface area (Å²) in [6.07, 6.45) is 8.41. The minimum atomic E-state index is -0.391. The van der Waals surface area contributed by atoms with Crippen LogP contribution in [0.4, 0.5) is 0 Å². The normalized spacial score (nSPS) is 13.3. The molecule has 0 spiro atoms. The molecule has 1 heterocycles. The Morgan fingerprint density at radius 1 is 1.08 bits per heavy atom. The summed E-state index contributed by atoms with van der Waals surface area (Å²) in [7, 11) is 0. The maximum atomic E-state index is 6.36. The third kappa shape index (κ3) is 5.26. The molecule has 0 aliphatic carbocycles. The summed E-state index contributed by atoms with van der Waals surface area (Å²) in [6, 6.07) is 15.6. The molecule has 0 saturated heterocycles. The fraction of sp³-hybridized carbons (Fsp3) is 0.286. The van der Waals surface area contributed by atoms with Crippen molar-refractivity contribution in [3.05, 3.63) is 82.9 Å². The predicted molar refractivity (Wildman–Crippen MR) is 107 cm³/mol. The second kappa shape index (κ2) is 8.61. The number of aryl methyl sites for hydroxylation is 1. The van der Waals surface area contributed by atoms with Crippen molar-refractivity contribution >= 4 is 23.2 Å². The van der Waals surface area contributed by atoms with Gasteiger partial charge in [0.1, 0.15) is 11.4 Å². The highest BCUT2D eigenvalue weighted by Gasteiger charge is 2.27. The Bertz CT molecular complexity index is 818. The van der Waals surface area contributed by atoms with Crippen LogP contribution in [0, 0.1) is 0 Å². The Morgan fingerprint density at radius 3 is 2.54 bits per heavy atom. The van der Waals surface area contributed by atoms with Gasteiger partial charge in [-0.1, -0.05) is 47.5 Å². The van der Waals surface area contributed by atoms with Crippen molar-refractivity contribution in [2.75, 3.05) is 0 Å². The second-order valence-electron chi connectivity index (χ2n) is 6.70. The minimum Gasteiger partial charge on any atom is -0.484 e. The van der Waals surface area contributed by atoms with Gasteiger partial charge < -0.3 is 9.30 Å². The zero-order valence-electron chi connectivity index (χ0n) is 14.7. The number of rotatable bonds is 8. The van der Waals surface area contributed by atoms with Crippen molar-refractivity contribution in [2.24, 2.45) is 0 Å². The van der Waals surface area contributed by atoms with E-state index in [4.69, 9.17) is 27.9 Å². The average Bonchev–Trinajstić information content (AvgIpc) is 3.11. The van der Waals surface area contributed by atoms with E-state index in [2.05, 4.69) is 24.0 Å². The zero-order valence-corrected chi connectivity index (χ0v) is 16.2. The fourth-order valence-electron chi connectivity index (χ4n) is 3.04. The van der Waals surface area contributed by atoms with Crippen molar-refractivity contribution in [3.63, 3.8) is 0 Å². The summed E-state index contributed by atoms with van der Waals surface area (Å²) in [5.41, 5.74) is 0.884. The van der Waals surface area contributed by atoms with E-state index in [1.807, 2.05) is 53.5 Å². The molecular formula is C21H22Cl2N2O. The monoisotopic (exact) mass is 388 g/mol. The number of hydrogen-bond acceptors (Lipinski definition) is 2. The first-order valence-electron chi connectivity index (χ1n) is 8.68. The van der Waals surface area contributed by atoms with Crippen LogP contribution in [0.25, 0.3) is 0 Å². The van der Waals surface area contributed by atoms with Gasteiger partial charge in [0, 0.05) is 17.4 Å². The summed E-state index contributed by atoms with van der Waals surface area (Å²) in [5, 5.41) is 1.39. The molecule has 1 atom stereocenters. The van der Waals surface area contributed by atoms with Crippen LogP contribution >= 0.6 is 23.2 Å². The SMILES string of the molecule is CC(CCCc1ccc(Cl)cc1)(Cn1ccnc1)Oc1ccccc1Cl. The quantitative estimate of drug-likeness (QED) is 0.469. The van der Waals surface area contributed by atoms with E-state index in [1.54, 1.807) is 6.20 Å². The van der Waals surface area contributed by atoms with E-state index in [-0.39, 0.29) is 0 Å². The number of hydrogen-bond donors (Lipinski definition) is 0. The van der Waals surface area contributed by atoms with E-state index >= 15 is 0 Å². The molecule has 0 saturated carbocycles. The summed E-state index contributed by atoms with van der Waals surface area (Å²) in [5.74, 6) is 0.711. The molecule has 2 aromatic carbocycles. The Morgan fingerprint density at radius 2 is 1.85 bits per heavy atom. The molecule has 3 rings (SSSR count). The third-order valence-corrected chi connectivity index (χ3v) is 4.92. The van der Waals surface area contributed by atoms with Gasteiger partial charge in [0.2, 0.25) is 0 Å². The number of nitrogens with zero attached hydrogens (tertiary/aromatic N) is 2. The molecule has 26 heavy (non-hydrogen) atoms. The van der Waals surface area contributed by atoms with Crippen LogP contribution in [0.5, 0.6) is 5.75 Å². The van der Waals surface area contributed by atoms with E-state index in [0.29, 0.717) is 17.3 Å². The van der Waals surface area contributed by atoms with Gasteiger partial charge in [-0.2, -0.15) is 0 Å². The molecule has 0 fully saturated rings. The molecule has 0 bridgehead atoms. The maximum Gasteiger partial charge on any atom is 0.138 e. The van der Waals surface area contributed by atoms with Crippen molar-refractivity contribution in [1.82, 2.24) is 9.55 Å². The molecule has 0 N–H and O–H groups in total. The van der Waals surface area contributed by atoms with Gasteiger partial charge >= 0.3 is 0 Å². The molecule has 1 aromatic heterocycles. The van der Waals surface area contributed by atoms with Crippen LogP contribution in [0.3, 0.4) is 0 Å². The zero-order chi connectivity index (χ0) is 18.4. The molecule has 0 aliphatic heterocycles. The first kappa shape index (κ1) is 18.8. The van der Waals surface area contributed by atoms with E-state index in [1.165, 1.54) is 5.56 Å². The molecule has 136 valence electrons. The van der Waals surface area contributed by atoms with Crippen molar-refractivity contribution in [2.45, 2.75) is 38.3 Å². The molecular weight excluding hydrogens is 367 g/mol. The third-order valence-electron chi connectivity index (χ3n) is 4.35. The number of benzene rings is 2. The minimum absolute atomic E-state index is 0.391. The number of ether oxygens (including phenoxy) is 1. The number of aromatic nitrogens is 2. The molecule has 0 radical (unpaired) electrons. The van der Waals surface area contributed by atoms with Gasteiger partial charge in [-0.15, -0.1) is 0 Å². The molecule has 3 nitrogen and oxygen atoms in total. The Labute approximate surface area is 164 Å². The summed E-state index contributed by atoms with van der Waals surface area (Å²) in [4.78, 5) is 4.14. The van der Waals surface area contributed by atoms with E-state index in [9.17, 15) is 0 Å². The summed E-state index contributed by atoms with van der Waals surface area (Å²) in [6.45, 7) is 2.83. The largest absolute Gasteiger partial charge is 0.484 e. The van der Waals surface area contributed by atoms with Gasteiger partial charge in [-0.05, 0) is 56.0 Å². The van der Waals surface area contributed by atoms with Crippen LogP contribution in [0.2, 0.25) is 10.0 Å². The fourth-order valence-corrected chi connectivity index (χ4v) is 3.34. The molecule has 1 unspecified atom stereocenters. The highest BCUT2D eigenvalue weighted by atomic mass is 35.5.